The van der Waals surface area contributed by atoms with Gasteiger partial charge in [-0.2, -0.15) is 0 Å². The standard InChI is InChI=1S/C39H37N3O7S/c1-7-48-37(44)26-14-17-29(18-15-26)41-23(3)20-28(24(41)4)22-32-36(43)42-35(27-16-19-30(46-5)31(21-27)47-6)33(38(45)49-8-2)34(40-39(42)50-32)25-12-10-9-11-13-25/h9-22,35H,7-8H2,1-6H3/b32-22-/t35-/m0/s1. The number of esters is 2. The van der Waals surface area contributed by atoms with Gasteiger partial charge < -0.3 is 23.5 Å². The van der Waals surface area contributed by atoms with Gasteiger partial charge in [0.05, 0.1) is 54.8 Å². The van der Waals surface area contributed by atoms with Gasteiger partial charge in [-0.1, -0.05) is 47.7 Å². The molecule has 0 amide bonds. The van der Waals surface area contributed by atoms with Crippen molar-refractivity contribution in [2.24, 2.45) is 4.99 Å². The van der Waals surface area contributed by atoms with Gasteiger partial charge in [-0.15, -0.1) is 0 Å². The van der Waals surface area contributed by atoms with Gasteiger partial charge in [-0.3, -0.25) is 9.36 Å². The molecule has 1 atom stereocenters. The molecule has 0 aliphatic carbocycles. The normalized spacial score (nSPS) is 14.2. The average molecular weight is 692 g/mol. The molecule has 10 nitrogen and oxygen atoms in total. The molecule has 0 bridgehead atoms. The number of ether oxygens (including phenoxy) is 4. The molecule has 0 unspecified atom stereocenters. The Labute approximate surface area is 293 Å². The second kappa shape index (κ2) is 14.4. The fourth-order valence-electron chi connectivity index (χ4n) is 6.21. The summed E-state index contributed by atoms with van der Waals surface area (Å²) in [7, 11) is 3.09. The maximum absolute atomic E-state index is 14.5. The summed E-state index contributed by atoms with van der Waals surface area (Å²) in [6, 6.07) is 23.1. The first-order valence-corrected chi connectivity index (χ1v) is 17.0. The number of thiazole rings is 1. The van der Waals surface area contributed by atoms with Crippen molar-refractivity contribution in [1.29, 1.82) is 0 Å². The Kier molecular flexibility index (Phi) is 9.87. The molecule has 3 heterocycles. The van der Waals surface area contributed by atoms with Crippen LogP contribution in [-0.2, 0) is 14.3 Å². The smallest absolute Gasteiger partial charge is 0.338 e. The highest BCUT2D eigenvalue weighted by atomic mass is 32.1. The van der Waals surface area contributed by atoms with E-state index in [1.54, 1.807) is 49.8 Å². The van der Waals surface area contributed by atoms with Crippen LogP contribution in [-0.4, -0.2) is 48.5 Å². The van der Waals surface area contributed by atoms with Crippen molar-refractivity contribution in [3.63, 3.8) is 0 Å². The molecule has 1 aliphatic heterocycles. The Bertz CT molecular complexity index is 2300. The van der Waals surface area contributed by atoms with Crippen molar-refractivity contribution in [3.8, 4) is 17.2 Å². The SMILES string of the molecule is CCOC(=O)C1=C(c2ccccc2)N=c2s/c(=C\c3cc(C)n(-c4ccc(C(=O)OCC)cc4)c3C)c(=O)n2[C@H]1c1ccc(OC)c(OC)c1. The van der Waals surface area contributed by atoms with Crippen LogP contribution < -0.4 is 24.4 Å². The molecular weight excluding hydrogens is 655 g/mol. The van der Waals surface area contributed by atoms with Crippen LogP contribution in [0.3, 0.4) is 0 Å². The molecule has 5 aromatic rings. The van der Waals surface area contributed by atoms with Crippen LogP contribution in [0, 0.1) is 13.8 Å². The van der Waals surface area contributed by atoms with E-state index in [9.17, 15) is 14.4 Å². The van der Waals surface area contributed by atoms with Gasteiger partial charge >= 0.3 is 11.9 Å². The second-order valence-corrected chi connectivity index (χ2v) is 12.5. The number of benzene rings is 3. The van der Waals surface area contributed by atoms with Crippen LogP contribution in [0.1, 0.15) is 58.3 Å². The summed E-state index contributed by atoms with van der Waals surface area (Å²) in [5, 5.41) is 0. The highest BCUT2D eigenvalue weighted by Gasteiger charge is 2.35. The van der Waals surface area contributed by atoms with E-state index in [0.717, 1.165) is 28.2 Å². The third kappa shape index (κ3) is 6.27. The lowest BCUT2D eigenvalue weighted by Crippen LogP contribution is -2.40. The molecule has 0 fully saturated rings. The monoisotopic (exact) mass is 691 g/mol. The molecule has 6 rings (SSSR count). The van der Waals surface area contributed by atoms with Crippen LogP contribution in [0.5, 0.6) is 11.5 Å². The third-order valence-corrected chi connectivity index (χ3v) is 9.47. The summed E-state index contributed by atoms with van der Waals surface area (Å²) in [5.41, 5.74) is 5.77. The number of fused-ring (bicyclic) bond motifs is 1. The Morgan fingerprint density at radius 2 is 1.54 bits per heavy atom. The lowest BCUT2D eigenvalue weighted by Gasteiger charge is -2.26. The summed E-state index contributed by atoms with van der Waals surface area (Å²) in [6.07, 6.45) is 1.86. The summed E-state index contributed by atoms with van der Waals surface area (Å²) in [5.74, 6) is 0.0292. The number of aryl methyl sites for hydroxylation is 1. The molecular formula is C39H37N3O7S. The zero-order valence-corrected chi connectivity index (χ0v) is 29.5. The van der Waals surface area contributed by atoms with Crippen LogP contribution in [0.15, 0.2) is 94.2 Å². The number of methoxy groups -OCH3 is 2. The Hall–Kier alpha value is -5.68. The zero-order chi connectivity index (χ0) is 35.5. The van der Waals surface area contributed by atoms with Crippen molar-refractivity contribution in [2.45, 2.75) is 33.7 Å². The summed E-state index contributed by atoms with van der Waals surface area (Å²) in [4.78, 5) is 45.9. The molecule has 0 radical (unpaired) electrons. The Balaban J connectivity index is 1.55. The topological polar surface area (TPSA) is 110 Å². The Morgan fingerprint density at radius 1 is 0.860 bits per heavy atom. The highest BCUT2D eigenvalue weighted by Crippen LogP contribution is 2.38. The first kappa shape index (κ1) is 34.2. The molecule has 11 heteroatoms. The number of nitrogens with zero attached hydrogens (tertiary/aromatic N) is 3. The average Bonchev–Trinajstić information content (AvgIpc) is 3.60. The van der Waals surface area contributed by atoms with Gasteiger partial charge in [0.15, 0.2) is 16.3 Å². The van der Waals surface area contributed by atoms with Gasteiger partial charge in [0, 0.05) is 22.6 Å². The zero-order valence-electron chi connectivity index (χ0n) is 28.7. The summed E-state index contributed by atoms with van der Waals surface area (Å²) < 4.78 is 25.9. The largest absolute Gasteiger partial charge is 0.493 e. The van der Waals surface area contributed by atoms with E-state index in [2.05, 4.69) is 4.57 Å². The molecule has 0 N–H and O–H groups in total. The number of hydrogen-bond donors (Lipinski definition) is 0. The van der Waals surface area contributed by atoms with E-state index < -0.39 is 12.0 Å². The van der Waals surface area contributed by atoms with Crippen LogP contribution in [0.25, 0.3) is 17.5 Å². The summed E-state index contributed by atoms with van der Waals surface area (Å²) in [6.45, 7) is 7.93. The van der Waals surface area contributed by atoms with E-state index in [1.165, 1.54) is 18.4 Å². The molecule has 50 heavy (non-hydrogen) atoms. The van der Waals surface area contributed by atoms with E-state index in [-0.39, 0.29) is 23.7 Å². The maximum Gasteiger partial charge on any atom is 0.338 e. The van der Waals surface area contributed by atoms with Gasteiger partial charge in [0.1, 0.15) is 0 Å². The summed E-state index contributed by atoms with van der Waals surface area (Å²) >= 11 is 1.25. The maximum atomic E-state index is 14.5. The van der Waals surface area contributed by atoms with Crippen molar-refractivity contribution in [1.82, 2.24) is 9.13 Å². The number of aromatic nitrogens is 2. The van der Waals surface area contributed by atoms with Crippen molar-refractivity contribution in [2.75, 3.05) is 27.4 Å². The second-order valence-electron chi connectivity index (χ2n) is 11.5. The van der Waals surface area contributed by atoms with Gasteiger partial charge in [0.2, 0.25) is 0 Å². The predicted molar refractivity (Wildman–Crippen MR) is 192 cm³/mol. The van der Waals surface area contributed by atoms with Crippen molar-refractivity contribution in [3.05, 3.63) is 138 Å². The molecule has 0 saturated carbocycles. The number of carbonyl (C=O) groups excluding carboxylic acids is 2. The molecule has 2 aromatic heterocycles. The highest BCUT2D eigenvalue weighted by molar-refractivity contribution is 7.07. The van der Waals surface area contributed by atoms with Gasteiger partial charge in [0.25, 0.3) is 5.56 Å². The lowest BCUT2D eigenvalue weighted by atomic mass is 9.93. The quantitative estimate of drug-likeness (QED) is 0.177. The van der Waals surface area contributed by atoms with Gasteiger partial charge in [-0.05, 0) is 87.4 Å². The van der Waals surface area contributed by atoms with E-state index in [4.69, 9.17) is 23.9 Å². The Morgan fingerprint density at radius 3 is 2.20 bits per heavy atom. The lowest BCUT2D eigenvalue weighted by molar-refractivity contribution is -0.138. The fourth-order valence-corrected chi connectivity index (χ4v) is 7.20. The van der Waals surface area contributed by atoms with Crippen LogP contribution in [0.2, 0.25) is 0 Å². The van der Waals surface area contributed by atoms with Gasteiger partial charge in [-0.25, -0.2) is 14.6 Å². The molecule has 256 valence electrons. The number of carbonyl (C=O) groups is 2. The predicted octanol–water partition coefficient (Wildman–Crippen LogP) is 5.54. The minimum Gasteiger partial charge on any atom is -0.493 e. The first-order chi connectivity index (χ1) is 24.2. The molecule has 0 spiro atoms. The first-order valence-electron chi connectivity index (χ1n) is 16.2. The number of hydrogen-bond acceptors (Lipinski definition) is 9. The van der Waals surface area contributed by atoms with Crippen molar-refractivity contribution >= 4 is 35.0 Å². The minimum absolute atomic E-state index is 0.147. The molecule has 1 aliphatic rings. The molecule has 0 saturated heterocycles. The van der Waals surface area contributed by atoms with E-state index >= 15 is 0 Å². The number of rotatable bonds is 10. The van der Waals surface area contributed by atoms with Crippen molar-refractivity contribution < 1.29 is 28.5 Å². The minimum atomic E-state index is -0.868. The molecule has 3 aromatic carbocycles. The van der Waals surface area contributed by atoms with Crippen LogP contribution >= 0.6 is 11.3 Å². The van der Waals surface area contributed by atoms with Crippen LogP contribution in [0.4, 0.5) is 0 Å². The fraction of sp³-hybridized carbons (Fsp3) is 0.231. The third-order valence-electron chi connectivity index (χ3n) is 8.49. The van der Waals surface area contributed by atoms with E-state index in [0.29, 0.717) is 44.3 Å². The van der Waals surface area contributed by atoms with E-state index in [1.807, 2.05) is 74.5 Å².